The van der Waals surface area contributed by atoms with Crippen molar-refractivity contribution in [3.63, 3.8) is 0 Å². The molecule has 13 heavy (non-hydrogen) atoms. The predicted molar refractivity (Wildman–Crippen MR) is 51.4 cm³/mol. The van der Waals surface area contributed by atoms with Crippen LogP contribution in [0.1, 0.15) is 31.4 Å². The van der Waals surface area contributed by atoms with E-state index in [4.69, 9.17) is 10.5 Å². The lowest BCUT2D eigenvalue weighted by Gasteiger charge is -2.08. The zero-order chi connectivity index (χ0) is 9.10. The van der Waals surface area contributed by atoms with E-state index < -0.39 is 0 Å². The molecule has 2 N–H and O–H groups in total. The van der Waals surface area contributed by atoms with Crippen LogP contribution in [0.2, 0.25) is 0 Å². The van der Waals surface area contributed by atoms with Crippen LogP contribution in [0, 0.1) is 0 Å². The van der Waals surface area contributed by atoms with Gasteiger partial charge in [-0.3, -0.25) is 0 Å². The second kappa shape index (κ2) is 4.02. The number of rotatable bonds is 3. The molecule has 0 radical (unpaired) electrons. The Morgan fingerprint density at radius 3 is 2.85 bits per heavy atom. The van der Waals surface area contributed by atoms with Crippen LogP contribution in [0.4, 0.5) is 5.00 Å². The highest BCUT2D eigenvalue weighted by atomic mass is 32.1. The van der Waals surface area contributed by atoms with Gasteiger partial charge in [-0.2, -0.15) is 0 Å². The summed E-state index contributed by atoms with van der Waals surface area (Å²) in [4.78, 5) is 0. The summed E-state index contributed by atoms with van der Waals surface area (Å²) < 4.78 is 9.41. The quantitative estimate of drug-likeness (QED) is 0.802. The van der Waals surface area contributed by atoms with Crippen molar-refractivity contribution >= 4 is 16.5 Å². The number of hydrogen-bond donors (Lipinski definition) is 1. The standard InChI is InChI=1S/C8H13N3OS/c9-8-7(10-11-13-8)5-12-6-3-1-2-4-6/h6H,1-5,9H2. The molecular weight excluding hydrogens is 186 g/mol. The Morgan fingerprint density at radius 2 is 2.23 bits per heavy atom. The van der Waals surface area contributed by atoms with Gasteiger partial charge in [0.2, 0.25) is 0 Å². The Hall–Kier alpha value is -0.680. The van der Waals surface area contributed by atoms with Gasteiger partial charge in [-0.1, -0.05) is 17.3 Å². The molecule has 1 aliphatic carbocycles. The van der Waals surface area contributed by atoms with Crippen LogP contribution in [0.3, 0.4) is 0 Å². The molecule has 2 rings (SSSR count). The third-order valence-corrected chi connectivity index (χ3v) is 2.94. The van der Waals surface area contributed by atoms with Crippen LogP contribution in [0.5, 0.6) is 0 Å². The van der Waals surface area contributed by atoms with E-state index in [9.17, 15) is 0 Å². The molecule has 0 atom stereocenters. The molecule has 0 saturated heterocycles. The summed E-state index contributed by atoms with van der Waals surface area (Å²) in [5.74, 6) is 0. The van der Waals surface area contributed by atoms with Crippen LogP contribution in [-0.2, 0) is 11.3 Å². The maximum absolute atomic E-state index is 5.65. The third-order valence-electron chi connectivity index (χ3n) is 2.34. The van der Waals surface area contributed by atoms with E-state index in [1.54, 1.807) is 0 Å². The summed E-state index contributed by atoms with van der Waals surface area (Å²) >= 11 is 1.22. The van der Waals surface area contributed by atoms with Crippen LogP contribution in [-0.4, -0.2) is 15.7 Å². The molecule has 1 fully saturated rings. The molecule has 0 amide bonds. The number of nitrogens with zero attached hydrogens (tertiary/aromatic N) is 2. The van der Waals surface area contributed by atoms with Gasteiger partial charge in [0.15, 0.2) is 0 Å². The molecule has 1 saturated carbocycles. The number of aromatic nitrogens is 2. The molecule has 0 aliphatic heterocycles. The minimum atomic E-state index is 0.418. The molecule has 0 aromatic carbocycles. The summed E-state index contributed by atoms with van der Waals surface area (Å²) in [6, 6.07) is 0. The number of ether oxygens (including phenoxy) is 1. The lowest BCUT2D eigenvalue weighted by Crippen LogP contribution is -2.08. The van der Waals surface area contributed by atoms with Crippen molar-refractivity contribution in [2.45, 2.75) is 38.4 Å². The largest absolute Gasteiger partial charge is 0.388 e. The van der Waals surface area contributed by atoms with E-state index in [0.717, 1.165) is 5.69 Å². The minimum Gasteiger partial charge on any atom is -0.388 e. The monoisotopic (exact) mass is 199 g/mol. The fraction of sp³-hybridized carbons (Fsp3) is 0.750. The predicted octanol–water partition coefficient (Wildman–Crippen LogP) is 1.58. The Labute approximate surface area is 81.3 Å². The van der Waals surface area contributed by atoms with Crippen molar-refractivity contribution in [1.29, 1.82) is 0 Å². The molecule has 1 heterocycles. The minimum absolute atomic E-state index is 0.418. The van der Waals surface area contributed by atoms with E-state index in [-0.39, 0.29) is 0 Å². The molecular formula is C8H13N3OS. The third kappa shape index (κ3) is 2.16. The topological polar surface area (TPSA) is 61.0 Å². The highest BCUT2D eigenvalue weighted by Gasteiger charge is 2.16. The van der Waals surface area contributed by atoms with Crippen LogP contribution in [0.15, 0.2) is 0 Å². The summed E-state index contributed by atoms with van der Waals surface area (Å²) in [7, 11) is 0. The van der Waals surface area contributed by atoms with Crippen molar-refractivity contribution in [2.24, 2.45) is 0 Å². The van der Waals surface area contributed by atoms with Gasteiger partial charge in [-0.15, -0.1) is 5.10 Å². The van der Waals surface area contributed by atoms with Gasteiger partial charge in [0, 0.05) is 11.5 Å². The van der Waals surface area contributed by atoms with Crippen molar-refractivity contribution in [3.05, 3.63) is 5.69 Å². The van der Waals surface area contributed by atoms with E-state index in [1.807, 2.05) is 0 Å². The molecule has 1 aliphatic rings. The summed E-state index contributed by atoms with van der Waals surface area (Å²) in [6.45, 7) is 0.521. The van der Waals surface area contributed by atoms with Crippen LogP contribution in [0.25, 0.3) is 0 Å². The Kier molecular flexibility index (Phi) is 2.75. The SMILES string of the molecule is Nc1snnc1COC1CCCC1. The average Bonchev–Trinajstić information content (AvgIpc) is 2.72. The first kappa shape index (κ1) is 8.90. The normalized spacial score (nSPS) is 18.2. The molecule has 1 aromatic rings. The fourth-order valence-electron chi connectivity index (χ4n) is 1.57. The Bertz CT molecular complexity index is 270. The van der Waals surface area contributed by atoms with Crippen molar-refractivity contribution in [2.75, 3.05) is 5.73 Å². The summed E-state index contributed by atoms with van der Waals surface area (Å²) in [6.07, 6.45) is 5.35. The van der Waals surface area contributed by atoms with Gasteiger partial charge >= 0.3 is 0 Å². The molecule has 1 aromatic heterocycles. The highest BCUT2D eigenvalue weighted by Crippen LogP contribution is 2.23. The first-order valence-corrected chi connectivity index (χ1v) is 5.32. The molecule has 5 heteroatoms. The number of anilines is 1. The smallest absolute Gasteiger partial charge is 0.133 e. The summed E-state index contributed by atoms with van der Waals surface area (Å²) in [5.41, 5.74) is 6.43. The van der Waals surface area contributed by atoms with Gasteiger partial charge in [-0.25, -0.2) is 0 Å². The average molecular weight is 199 g/mol. The van der Waals surface area contributed by atoms with Gasteiger partial charge in [0.05, 0.1) is 12.7 Å². The van der Waals surface area contributed by atoms with Crippen LogP contribution >= 0.6 is 11.5 Å². The lowest BCUT2D eigenvalue weighted by atomic mass is 10.3. The fourth-order valence-corrected chi connectivity index (χ4v) is 2.00. The zero-order valence-electron chi connectivity index (χ0n) is 7.40. The van der Waals surface area contributed by atoms with Gasteiger partial charge in [0.25, 0.3) is 0 Å². The number of nitrogen functional groups attached to an aromatic ring is 1. The van der Waals surface area contributed by atoms with E-state index in [0.29, 0.717) is 17.7 Å². The van der Waals surface area contributed by atoms with Gasteiger partial charge in [-0.05, 0) is 12.8 Å². The molecule has 0 unspecified atom stereocenters. The van der Waals surface area contributed by atoms with Crippen LogP contribution < -0.4 is 5.73 Å². The summed E-state index contributed by atoms with van der Waals surface area (Å²) in [5, 5.41) is 4.57. The maximum atomic E-state index is 5.65. The van der Waals surface area contributed by atoms with Gasteiger partial charge in [0.1, 0.15) is 10.7 Å². The molecule has 72 valence electrons. The van der Waals surface area contributed by atoms with E-state index in [2.05, 4.69) is 9.59 Å². The lowest BCUT2D eigenvalue weighted by molar-refractivity contribution is 0.0441. The number of hydrogen-bond acceptors (Lipinski definition) is 5. The van der Waals surface area contributed by atoms with E-state index in [1.165, 1.54) is 37.2 Å². The Morgan fingerprint density at radius 1 is 1.46 bits per heavy atom. The Balaban J connectivity index is 1.82. The van der Waals surface area contributed by atoms with Gasteiger partial charge < -0.3 is 10.5 Å². The van der Waals surface area contributed by atoms with Crippen molar-refractivity contribution in [3.8, 4) is 0 Å². The molecule has 4 nitrogen and oxygen atoms in total. The van der Waals surface area contributed by atoms with Crippen molar-refractivity contribution < 1.29 is 4.74 Å². The molecule has 0 spiro atoms. The maximum Gasteiger partial charge on any atom is 0.133 e. The number of nitrogens with two attached hydrogens (primary N) is 1. The van der Waals surface area contributed by atoms with Crippen molar-refractivity contribution in [1.82, 2.24) is 9.59 Å². The first-order valence-electron chi connectivity index (χ1n) is 4.54. The van der Waals surface area contributed by atoms with E-state index >= 15 is 0 Å². The zero-order valence-corrected chi connectivity index (χ0v) is 8.22. The first-order chi connectivity index (χ1) is 6.36. The second-order valence-electron chi connectivity index (χ2n) is 3.30. The highest BCUT2D eigenvalue weighted by molar-refractivity contribution is 7.09. The molecule has 0 bridgehead atoms. The second-order valence-corrected chi connectivity index (χ2v) is 4.09.